The first-order valence-electron chi connectivity index (χ1n) is 4.56. The second-order valence-electron chi connectivity index (χ2n) is 2.88. The summed E-state index contributed by atoms with van der Waals surface area (Å²) in [5.74, 6) is 0.677. The first-order valence-corrected chi connectivity index (χ1v) is 4.56. The second kappa shape index (κ2) is 5.54. The van der Waals surface area contributed by atoms with E-state index in [0.717, 1.165) is 19.5 Å². The number of methoxy groups -OCH3 is 1. The fraction of sp³-hybridized carbons (Fsp3) is 0.500. The number of rotatable bonds is 5. The van der Waals surface area contributed by atoms with Gasteiger partial charge in [0.2, 0.25) is 5.88 Å². The van der Waals surface area contributed by atoms with Crippen molar-refractivity contribution >= 4 is 0 Å². The van der Waals surface area contributed by atoms with Gasteiger partial charge in [0.15, 0.2) is 0 Å². The quantitative estimate of drug-likeness (QED) is 0.699. The van der Waals surface area contributed by atoms with Gasteiger partial charge in [-0.1, -0.05) is 6.92 Å². The standard InChI is InChI=1S/C10H16N2O/c1-3-5-11-8-9-4-6-12-10(7-9)13-2/h4,6-7,11H,3,5,8H2,1-2H3. The van der Waals surface area contributed by atoms with Crippen LogP contribution in [0, 0.1) is 0 Å². The second-order valence-corrected chi connectivity index (χ2v) is 2.88. The molecule has 1 aromatic rings. The largest absolute Gasteiger partial charge is 0.481 e. The number of hydrogen-bond acceptors (Lipinski definition) is 3. The molecule has 0 atom stereocenters. The van der Waals surface area contributed by atoms with Crippen LogP contribution in [0.2, 0.25) is 0 Å². The highest BCUT2D eigenvalue weighted by atomic mass is 16.5. The first-order chi connectivity index (χ1) is 6.36. The van der Waals surface area contributed by atoms with Gasteiger partial charge >= 0.3 is 0 Å². The molecule has 13 heavy (non-hydrogen) atoms. The molecule has 3 heteroatoms. The van der Waals surface area contributed by atoms with E-state index in [1.165, 1.54) is 5.56 Å². The normalized spacial score (nSPS) is 10.0. The minimum atomic E-state index is 0.677. The van der Waals surface area contributed by atoms with Gasteiger partial charge in [-0.25, -0.2) is 4.98 Å². The predicted octanol–water partition coefficient (Wildman–Crippen LogP) is 1.59. The number of hydrogen-bond donors (Lipinski definition) is 1. The Morgan fingerprint density at radius 2 is 2.38 bits per heavy atom. The lowest BCUT2D eigenvalue weighted by molar-refractivity contribution is 0.397. The van der Waals surface area contributed by atoms with Crippen LogP contribution >= 0.6 is 0 Å². The lowest BCUT2D eigenvalue weighted by atomic mass is 10.2. The molecule has 0 fully saturated rings. The fourth-order valence-electron chi connectivity index (χ4n) is 1.08. The summed E-state index contributed by atoms with van der Waals surface area (Å²) in [6.07, 6.45) is 2.92. The maximum Gasteiger partial charge on any atom is 0.213 e. The summed E-state index contributed by atoms with van der Waals surface area (Å²) in [6.45, 7) is 4.08. The predicted molar refractivity (Wildman–Crippen MR) is 52.8 cm³/mol. The van der Waals surface area contributed by atoms with Crippen LogP contribution < -0.4 is 10.1 Å². The van der Waals surface area contributed by atoms with E-state index in [0.29, 0.717) is 5.88 Å². The lowest BCUT2D eigenvalue weighted by Gasteiger charge is -2.04. The Balaban J connectivity index is 2.46. The Morgan fingerprint density at radius 1 is 1.54 bits per heavy atom. The van der Waals surface area contributed by atoms with Crippen molar-refractivity contribution in [3.63, 3.8) is 0 Å². The third kappa shape index (κ3) is 3.42. The number of aromatic nitrogens is 1. The van der Waals surface area contributed by atoms with Gasteiger partial charge in [0.05, 0.1) is 7.11 Å². The molecule has 1 rings (SSSR count). The maximum absolute atomic E-state index is 5.02. The molecule has 1 N–H and O–H groups in total. The van der Waals surface area contributed by atoms with Gasteiger partial charge in [-0.2, -0.15) is 0 Å². The van der Waals surface area contributed by atoms with Crippen molar-refractivity contribution in [3.05, 3.63) is 23.9 Å². The third-order valence-corrected chi connectivity index (χ3v) is 1.76. The molecule has 1 heterocycles. The molecule has 0 unspecified atom stereocenters. The summed E-state index contributed by atoms with van der Waals surface area (Å²) in [5.41, 5.74) is 1.21. The molecule has 0 radical (unpaired) electrons. The minimum absolute atomic E-state index is 0.677. The van der Waals surface area contributed by atoms with Gasteiger partial charge in [0.1, 0.15) is 0 Å². The zero-order chi connectivity index (χ0) is 9.52. The van der Waals surface area contributed by atoms with Crippen LogP contribution in [0.3, 0.4) is 0 Å². The molecule has 1 aromatic heterocycles. The zero-order valence-electron chi connectivity index (χ0n) is 8.21. The van der Waals surface area contributed by atoms with Crippen molar-refractivity contribution in [2.45, 2.75) is 19.9 Å². The van der Waals surface area contributed by atoms with Crippen molar-refractivity contribution < 1.29 is 4.74 Å². The SMILES string of the molecule is CCCNCc1ccnc(OC)c1. The van der Waals surface area contributed by atoms with Crippen LogP contribution in [0.25, 0.3) is 0 Å². The molecule has 3 nitrogen and oxygen atoms in total. The minimum Gasteiger partial charge on any atom is -0.481 e. The summed E-state index contributed by atoms with van der Waals surface area (Å²) in [6, 6.07) is 3.94. The number of ether oxygens (including phenoxy) is 1. The summed E-state index contributed by atoms with van der Waals surface area (Å²) >= 11 is 0. The van der Waals surface area contributed by atoms with E-state index in [-0.39, 0.29) is 0 Å². The molecule has 0 aliphatic carbocycles. The Hall–Kier alpha value is -1.09. The molecule has 0 aliphatic rings. The van der Waals surface area contributed by atoms with Crippen molar-refractivity contribution in [2.75, 3.05) is 13.7 Å². The topological polar surface area (TPSA) is 34.2 Å². The molecular formula is C10H16N2O. The lowest BCUT2D eigenvalue weighted by Crippen LogP contribution is -2.13. The van der Waals surface area contributed by atoms with Gasteiger partial charge in [-0.3, -0.25) is 0 Å². The van der Waals surface area contributed by atoms with E-state index >= 15 is 0 Å². The zero-order valence-corrected chi connectivity index (χ0v) is 8.21. The molecule has 0 amide bonds. The van der Waals surface area contributed by atoms with Gasteiger partial charge in [0, 0.05) is 18.8 Å². The van der Waals surface area contributed by atoms with Crippen LogP contribution in [0.5, 0.6) is 5.88 Å². The van der Waals surface area contributed by atoms with Crippen LogP contribution in [0.4, 0.5) is 0 Å². The molecular weight excluding hydrogens is 164 g/mol. The number of nitrogens with zero attached hydrogens (tertiary/aromatic N) is 1. The van der Waals surface area contributed by atoms with Crippen LogP contribution in [-0.2, 0) is 6.54 Å². The molecule has 0 saturated heterocycles. The molecule has 0 aromatic carbocycles. The van der Waals surface area contributed by atoms with Gasteiger partial charge in [-0.05, 0) is 24.6 Å². The van der Waals surface area contributed by atoms with Crippen LogP contribution in [0.15, 0.2) is 18.3 Å². The van der Waals surface area contributed by atoms with Crippen LogP contribution in [-0.4, -0.2) is 18.6 Å². The van der Waals surface area contributed by atoms with Gasteiger partial charge in [-0.15, -0.1) is 0 Å². The van der Waals surface area contributed by atoms with Gasteiger partial charge < -0.3 is 10.1 Å². The van der Waals surface area contributed by atoms with E-state index in [2.05, 4.69) is 17.2 Å². The average Bonchev–Trinajstić information content (AvgIpc) is 2.19. The Labute approximate surface area is 79.1 Å². The van der Waals surface area contributed by atoms with Crippen molar-refractivity contribution in [1.29, 1.82) is 0 Å². The monoisotopic (exact) mass is 180 g/mol. The number of pyridine rings is 1. The highest BCUT2D eigenvalue weighted by Gasteiger charge is 1.95. The molecule has 0 aliphatic heterocycles. The summed E-state index contributed by atoms with van der Waals surface area (Å²) in [7, 11) is 1.63. The molecule has 0 saturated carbocycles. The average molecular weight is 180 g/mol. The molecule has 0 bridgehead atoms. The Morgan fingerprint density at radius 3 is 3.08 bits per heavy atom. The van der Waals surface area contributed by atoms with E-state index in [4.69, 9.17) is 4.74 Å². The van der Waals surface area contributed by atoms with Gasteiger partial charge in [0.25, 0.3) is 0 Å². The van der Waals surface area contributed by atoms with E-state index < -0.39 is 0 Å². The summed E-state index contributed by atoms with van der Waals surface area (Å²) in [5, 5.41) is 3.32. The van der Waals surface area contributed by atoms with Crippen molar-refractivity contribution in [2.24, 2.45) is 0 Å². The summed E-state index contributed by atoms with van der Waals surface area (Å²) < 4.78 is 5.02. The maximum atomic E-state index is 5.02. The molecule has 0 spiro atoms. The fourth-order valence-corrected chi connectivity index (χ4v) is 1.08. The van der Waals surface area contributed by atoms with Crippen molar-refractivity contribution in [3.8, 4) is 5.88 Å². The van der Waals surface area contributed by atoms with E-state index in [9.17, 15) is 0 Å². The highest BCUT2D eigenvalue weighted by molar-refractivity contribution is 5.20. The van der Waals surface area contributed by atoms with Crippen LogP contribution in [0.1, 0.15) is 18.9 Å². The number of nitrogens with one attached hydrogen (secondary N) is 1. The smallest absolute Gasteiger partial charge is 0.213 e. The van der Waals surface area contributed by atoms with E-state index in [1.807, 2.05) is 12.1 Å². The third-order valence-electron chi connectivity index (χ3n) is 1.76. The molecule has 72 valence electrons. The summed E-state index contributed by atoms with van der Waals surface area (Å²) in [4.78, 5) is 4.04. The Kier molecular flexibility index (Phi) is 4.26. The first kappa shape index (κ1) is 9.99. The Bertz CT molecular complexity index is 250. The van der Waals surface area contributed by atoms with E-state index in [1.54, 1.807) is 13.3 Å². The highest BCUT2D eigenvalue weighted by Crippen LogP contribution is 2.07. The van der Waals surface area contributed by atoms with Crippen molar-refractivity contribution in [1.82, 2.24) is 10.3 Å².